The van der Waals surface area contributed by atoms with E-state index in [4.69, 9.17) is 0 Å². The molecule has 0 bridgehead atoms. The molecule has 1 rings (SSSR count). The van der Waals surface area contributed by atoms with Crippen molar-refractivity contribution in [3.8, 4) is 0 Å². The molecule has 1 heteroatoms. The Balaban J connectivity index is 0.000000921. The first kappa shape index (κ1) is 14.5. The summed E-state index contributed by atoms with van der Waals surface area (Å²) in [6.45, 7) is 10.8. The molecule has 0 atom stereocenters. The summed E-state index contributed by atoms with van der Waals surface area (Å²) in [5.41, 5.74) is 1.46. The molecule has 1 fully saturated rings. The summed E-state index contributed by atoms with van der Waals surface area (Å²) in [5, 5.41) is 3.53. The average molecular weight is 211 g/mol. The molecule has 0 saturated heterocycles. The quantitative estimate of drug-likeness (QED) is 0.725. The lowest BCUT2D eigenvalue weighted by molar-refractivity contribution is 0.325. The zero-order valence-corrected chi connectivity index (χ0v) is 11.3. The van der Waals surface area contributed by atoms with Crippen LogP contribution in [-0.4, -0.2) is 6.04 Å². The molecule has 0 radical (unpaired) electrons. The van der Waals surface area contributed by atoms with Crippen molar-refractivity contribution in [2.45, 2.75) is 72.8 Å². The summed E-state index contributed by atoms with van der Waals surface area (Å²) in [7, 11) is 0. The zero-order chi connectivity index (χ0) is 11.7. The first-order valence-electron chi connectivity index (χ1n) is 6.64. The Kier molecular flexibility index (Phi) is 8.55. The van der Waals surface area contributed by atoms with Gasteiger partial charge in [0.25, 0.3) is 0 Å². The largest absolute Gasteiger partial charge is 0.388 e. The molecule has 1 N–H and O–H groups in total. The lowest BCUT2D eigenvalue weighted by Crippen LogP contribution is -2.29. The second-order valence-corrected chi connectivity index (χ2v) is 4.47. The third-order valence-electron chi connectivity index (χ3n) is 3.14. The molecule has 15 heavy (non-hydrogen) atoms. The van der Waals surface area contributed by atoms with Crippen molar-refractivity contribution in [2.24, 2.45) is 5.92 Å². The van der Waals surface area contributed by atoms with Crippen LogP contribution in [0.4, 0.5) is 0 Å². The standard InChI is InChI=1S/C12H23N.C2H6/c1-4-10(2)9-13-12-7-5-11(3)6-8-12;1-2/h9,11-13H,4-8H2,1-3H3;1-2H3/b10-9-;. The zero-order valence-electron chi connectivity index (χ0n) is 11.3. The van der Waals surface area contributed by atoms with Crippen LogP contribution in [0.5, 0.6) is 0 Å². The molecule has 0 aromatic heterocycles. The van der Waals surface area contributed by atoms with Crippen molar-refractivity contribution in [1.29, 1.82) is 0 Å². The molecule has 0 aromatic rings. The lowest BCUT2D eigenvalue weighted by atomic mass is 9.87. The van der Waals surface area contributed by atoms with Crippen molar-refractivity contribution in [2.75, 3.05) is 0 Å². The SMILES string of the molecule is CC.CC/C(C)=C\NC1CCC(C)CC1. The minimum absolute atomic E-state index is 0.748. The van der Waals surface area contributed by atoms with Crippen molar-refractivity contribution in [3.63, 3.8) is 0 Å². The van der Waals surface area contributed by atoms with Crippen LogP contribution >= 0.6 is 0 Å². The van der Waals surface area contributed by atoms with E-state index < -0.39 is 0 Å². The monoisotopic (exact) mass is 211 g/mol. The molecule has 0 spiro atoms. The molecule has 0 aromatic carbocycles. The van der Waals surface area contributed by atoms with Crippen molar-refractivity contribution >= 4 is 0 Å². The summed E-state index contributed by atoms with van der Waals surface area (Å²) in [4.78, 5) is 0. The number of allylic oxidation sites excluding steroid dienone is 1. The molecule has 1 saturated carbocycles. The third-order valence-corrected chi connectivity index (χ3v) is 3.14. The van der Waals surface area contributed by atoms with Crippen molar-refractivity contribution in [1.82, 2.24) is 5.32 Å². The van der Waals surface area contributed by atoms with Gasteiger partial charge in [-0.1, -0.05) is 33.3 Å². The van der Waals surface area contributed by atoms with Gasteiger partial charge in [0, 0.05) is 6.04 Å². The third kappa shape index (κ3) is 6.59. The second-order valence-electron chi connectivity index (χ2n) is 4.47. The van der Waals surface area contributed by atoms with Crippen LogP contribution in [-0.2, 0) is 0 Å². The highest BCUT2D eigenvalue weighted by molar-refractivity contribution is 4.96. The molecular formula is C14H29N. The van der Waals surface area contributed by atoms with Gasteiger partial charge in [-0.3, -0.25) is 0 Å². The van der Waals surface area contributed by atoms with Gasteiger partial charge in [-0.2, -0.15) is 0 Å². The average Bonchev–Trinajstić information content (AvgIpc) is 2.30. The first-order chi connectivity index (χ1) is 7.22. The highest BCUT2D eigenvalue weighted by Gasteiger charge is 2.16. The van der Waals surface area contributed by atoms with Crippen LogP contribution in [0.2, 0.25) is 0 Å². The summed E-state index contributed by atoms with van der Waals surface area (Å²) < 4.78 is 0. The summed E-state index contributed by atoms with van der Waals surface area (Å²) in [6, 6.07) is 0.748. The van der Waals surface area contributed by atoms with Crippen LogP contribution in [0.25, 0.3) is 0 Å². The number of nitrogens with one attached hydrogen (secondary N) is 1. The predicted molar refractivity (Wildman–Crippen MR) is 70.0 cm³/mol. The minimum atomic E-state index is 0.748. The molecule has 1 nitrogen and oxygen atoms in total. The van der Waals surface area contributed by atoms with E-state index in [0.717, 1.165) is 18.4 Å². The lowest BCUT2D eigenvalue weighted by Gasteiger charge is -2.26. The van der Waals surface area contributed by atoms with Crippen molar-refractivity contribution < 1.29 is 0 Å². The maximum Gasteiger partial charge on any atom is 0.0255 e. The summed E-state index contributed by atoms with van der Waals surface area (Å²) in [6.07, 6.45) is 8.88. The Hall–Kier alpha value is -0.460. The van der Waals surface area contributed by atoms with Gasteiger partial charge in [0.05, 0.1) is 0 Å². The van der Waals surface area contributed by atoms with Gasteiger partial charge in [0.2, 0.25) is 0 Å². The fraction of sp³-hybridized carbons (Fsp3) is 0.857. The van der Waals surface area contributed by atoms with E-state index in [2.05, 4.69) is 32.3 Å². The molecule has 1 aliphatic rings. The highest BCUT2D eigenvalue weighted by Crippen LogP contribution is 2.23. The Labute approximate surface area is 96.3 Å². The van der Waals surface area contributed by atoms with Gasteiger partial charge in [-0.25, -0.2) is 0 Å². The highest BCUT2D eigenvalue weighted by atomic mass is 14.9. The summed E-state index contributed by atoms with van der Waals surface area (Å²) in [5.74, 6) is 0.953. The van der Waals surface area contributed by atoms with Gasteiger partial charge >= 0.3 is 0 Å². The van der Waals surface area contributed by atoms with E-state index >= 15 is 0 Å². The van der Waals surface area contributed by atoms with Crippen molar-refractivity contribution in [3.05, 3.63) is 11.8 Å². The van der Waals surface area contributed by atoms with E-state index in [1.165, 1.54) is 31.3 Å². The number of hydrogen-bond acceptors (Lipinski definition) is 1. The van der Waals surface area contributed by atoms with Crippen LogP contribution in [0, 0.1) is 5.92 Å². The fourth-order valence-electron chi connectivity index (χ4n) is 1.79. The number of rotatable bonds is 3. The Morgan fingerprint density at radius 1 is 1.20 bits per heavy atom. The molecule has 0 unspecified atom stereocenters. The molecular weight excluding hydrogens is 182 g/mol. The van der Waals surface area contributed by atoms with Crippen LogP contribution in [0.1, 0.15) is 66.7 Å². The smallest absolute Gasteiger partial charge is 0.0255 e. The Bertz CT molecular complexity index is 164. The van der Waals surface area contributed by atoms with E-state index in [0.29, 0.717) is 0 Å². The molecule has 0 amide bonds. The molecule has 1 aliphatic carbocycles. The topological polar surface area (TPSA) is 12.0 Å². The van der Waals surface area contributed by atoms with E-state index in [1.807, 2.05) is 13.8 Å². The minimum Gasteiger partial charge on any atom is -0.388 e. The van der Waals surface area contributed by atoms with E-state index in [-0.39, 0.29) is 0 Å². The van der Waals surface area contributed by atoms with Gasteiger partial charge in [0.15, 0.2) is 0 Å². The van der Waals surface area contributed by atoms with Gasteiger partial charge in [-0.15, -0.1) is 0 Å². The number of hydrogen-bond donors (Lipinski definition) is 1. The molecule has 0 aliphatic heterocycles. The summed E-state index contributed by atoms with van der Waals surface area (Å²) >= 11 is 0. The maximum absolute atomic E-state index is 3.53. The van der Waals surface area contributed by atoms with Crippen LogP contribution in [0.3, 0.4) is 0 Å². The van der Waals surface area contributed by atoms with Gasteiger partial charge in [0.1, 0.15) is 0 Å². The molecule has 0 heterocycles. The second kappa shape index (κ2) is 8.82. The Morgan fingerprint density at radius 3 is 2.20 bits per heavy atom. The predicted octanol–water partition coefficient (Wildman–Crippen LogP) is 4.49. The van der Waals surface area contributed by atoms with Gasteiger partial charge < -0.3 is 5.32 Å². The fourth-order valence-corrected chi connectivity index (χ4v) is 1.79. The maximum atomic E-state index is 3.53. The van der Waals surface area contributed by atoms with E-state index in [1.54, 1.807) is 0 Å². The van der Waals surface area contributed by atoms with Crippen LogP contribution < -0.4 is 5.32 Å². The molecule has 90 valence electrons. The first-order valence-corrected chi connectivity index (χ1v) is 6.64. The van der Waals surface area contributed by atoms with E-state index in [9.17, 15) is 0 Å². The Morgan fingerprint density at radius 2 is 1.73 bits per heavy atom. The normalized spacial score (nSPS) is 26.6. The van der Waals surface area contributed by atoms with Crippen LogP contribution in [0.15, 0.2) is 11.8 Å². The van der Waals surface area contributed by atoms with Gasteiger partial charge in [-0.05, 0) is 51.1 Å².